The van der Waals surface area contributed by atoms with Gasteiger partial charge in [0.15, 0.2) is 0 Å². The van der Waals surface area contributed by atoms with Crippen LogP contribution >= 0.6 is 0 Å². The Kier molecular flexibility index (Phi) is 3.25. The molecule has 0 aliphatic heterocycles. The second-order valence-corrected chi connectivity index (χ2v) is 5.62. The number of hydrogen-bond donors (Lipinski definition) is 1. The summed E-state index contributed by atoms with van der Waals surface area (Å²) in [5.74, 6) is 0.194. The largest absolute Gasteiger partial charge is 0.460 e. The first-order valence-corrected chi connectivity index (χ1v) is 6.30. The van der Waals surface area contributed by atoms with Gasteiger partial charge in [0.1, 0.15) is 11.9 Å². The van der Waals surface area contributed by atoms with Crippen molar-refractivity contribution in [3.8, 4) is 0 Å². The standard InChI is InChI=1S/C13H20O4/c1-8(14)17-11-4-3-9-7-10(15)5-6-13(9,2)12(11)16/h9,11-12,16H,3-7H2,1-2H3/t9-,11-,12-,13+/m1/s1. The summed E-state index contributed by atoms with van der Waals surface area (Å²) in [4.78, 5) is 22.4. The van der Waals surface area contributed by atoms with E-state index in [1.165, 1.54) is 6.92 Å². The Labute approximate surface area is 101 Å². The van der Waals surface area contributed by atoms with Gasteiger partial charge in [-0.05, 0) is 25.2 Å². The van der Waals surface area contributed by atoms with Gasteiger partial charge < -0.3 is 9.84 Å². The molecule has 2 rings (SSSR count). The van der Waals surface area contributed by atoms with Crippen LogP contribution in [0.3, 0.4) is 0 Å². The summed E-state index contributed by atoms with van der Waals surface area (Å²) in [6.07, 6.45) is 2.29. The number of Topliss-reactive ketones (excluding diaryl/α,β-unsaturated/α-hetero) is 1. The summed E-state index contributed by atoms with van der Waals surface area (Å²) in [6.45, 7) is 3.38. The van der Waals surface area contributed by atoms with Gasteiger partial charge in [0, 0.05) is 25.2 Å². The molecule has 0 radical (unpaired) electrons. The number of aliphatic hydroxyl groups is 1. The molecule has 4 atom stereocenters. The van der Waals surface area contributed by atoms with Crippen molar-refractivity contribution >= 4 is 11.8 Å². The Morgan fingerprint density at radius 3 is 2.82 bits per heavy atom. The quantitative estimate of drug-likeness (QED) is 0.705. The van der Waals surface area contributed by atoms with Gasteiger partial charge in [0.25, 0.3) is 0 Å². The van der Waals surface area contributed by atoms with Crippen molar-refractivity contribution in [1.29, 1.82) is 0 Å². The minimum atomic E-state index is -0.641. The monoisotopic (exact) mass is 240 g/mol. The number of carbonyl (C=O) groups excluding carboxylic acids is 2. The Hall–Kier alpha value is -0.900. The van der Waals surface area contributed by atoms with Crippen molar-refractivity contribution in [3.05, 3.63) is 0 Å². The highest BCUT2D eigenvalue weighted by Gasteiger charge is 2.51. The van der Waals surface area contributed by atoms with Crippen LogP contribution in [-0.4, -0.2) is 29.1 Å². The molecule has 2 aliphatic carbocycles. The Bertz CT molecular complexity index is 338. The summed E-state index contributed by atoms with van der Waals surface area (Å²) in [6, 6.07) is 0. The fraction of sp³-hybridized carbons (Fsp3) is 0.846. The van der Waals surface area contributed by atoms with E-state index in [0.29, 0.717) is 31.5 Å². The van der Waals surface area contributed by atoms with Gasteiger partial charge in [-0.15, -0.1) is 0 Å². The predicted molar refractivity (Wildman–Crippen MR) is 61.2 cm³/mol. The molecule has 2 fully saturated rings. The highest BCUT2D eigenvalue weighted by Crippen LogP contribution is 2.49. The van der Waals surface area contributed by atoms with Gasteiger partial charge in [-0.3, -0.25) is 9.59 Å². The van der Waals surface area contributed by atoms with Gasteiger partial charge in [-0.1, -0.05) is 6.92 Å². The lowest BCUT2D eigenvalue weighted by Gasteiger charge is -2.50. The molecule has 0 aromatic carbocycles. The van der Waals surface area contributed by atoms with Crippen LogP contribution in [0.1, 0.15) is 46.0 Å². The van der Waals surface area contributed by atoms with Crippen molar-refractivity contribution in [2.24, 2.45) is 11.3 Å². The zero-order chi connectivity index (χ0) is 12.6. The third kappa shape index (κ3) is 2.23. The van der Waals surface area contributed by atoms with Crippen LogP contribution in [0.15, 0.2) is 0 Å². The number of esters is 1. The smallest absolute Gasteiger partial charge is 0.302 e. The number of hydrogen-bond acceptors (Lipinski definition) is 4. The number of carbonyl (C=O) groups is 2. The molecule has 4 heteroatoms. The van der Waals surface area contributed by atoms with Crippen LogP contribution < -0.4 is 0 Å². The molecule has 0 unspecified atom stereocenters. The SMILES string of the molecule is CC(=O)O[C@@H]1CC[C@@H]2CC(=O)CC[C@]2(C)[C@@H]1O. The summed E-state index contributed by atoms with van der Waals surface area (Å²) in [7, 11) is 0. The summed E-state index contributed by atoms with van der Waals surface area (Å²) >= 11 is 0. The first kappa shape index (κ1) is 12.6. The van der Waals surface area contributed by atoms with E-state index in [4.69, 9.17) is 4.74 Å². The first-order valence-electron chi connectivity index (χ1n) is 6.30. The van der Waals surface area contributed by atoms with E-state index in [2.05, 4.69) is 0 Å². The van der Waals surface area contributed by atoms with Crippen molar-refractivity contribution in [3.63, 3.8) is 0 Å². The zero-order valence-electron chi connectivity index (χ0n) is 10.4. The number of ketones is 1. The second-order valence-electron chi connectivity index (χ2n) is 5.62. The van der Waals surface area contributed by atoms with Crippen molar-refractivity contribution < 1.29 is 19.4 Å². The maximum absolute atomic E-state index is 11.5. The average molecular weight is 240 g/mol. The molecule has 1 N–H and O–H groups in total. The van der Waals surface area contributed by atoms with Crippen LogP contribution in [0.4, 0.5) is 0 Å². The molecule has 0 spiro atoms. The molecule has 2 saturated carbocycles. The van der Waals surface area contributed by atoms with E-state index >= 15 is 0 Å². The van der Waals surface area contributed by atoms with Crippen molar-refractivity contribution in [2.45, 2.75) is 58.2 Å². The van der Waals surface area contributed by atoms with Crippen LogP contribution in [0.25, 0.3) is 0 Å². The molecular formula is C13H20O4. The summed E-state index contributed by atoms with van der Waals surface area (Å²) in [5.41, 5.74) is -0.272. The lowest BCUT2D eigenvalue weighted by molar-refractivity contribution is -0.176. The topological polar surface area (TPSA) is 63.6 Å². The highest BCUT2D eigenvalue weighted by molar-refractivity contribution is 5.79. The molecule has 0 saturated heterocycles. The Morgan fingerprint density at radius 2 is 2.18 bits per heavy atom. The van der Waals surface area contributed by atoms with E-state index in [0.717, 1.165) is 6.42 Å². The molecule has 2 aliphatic rings. The van der Waals surface area contributed by atoms with E-state index in [1.54, 1.807) is 0 Å². The minimum Gasteiger partial charge on any atom is -0.460 e. The lowest BCUT2D eigenvalue weighted by atomic mass is 9.58. The normalized spacial score (nSPS) is 41.8. The predicted octanol–water partition coefficient (Wildman–Crippen LogP) is 1.45. The van der Waals surface area contributed by atoms with Gasteiger partial charge in [-0.25, -0.2) is 0 Å². The Balaban J connectivity index is 2.13. The molecule has 0 amide bonds. The minimum absolute atomic E-state index is 0.241. The molecule has 96 valence electrons. The summed E-state index contributed by atoms with van der Waals surface area (Å²) < 4.78 is 5.17. The van der Waals surface area contributed by atoms with Gasteiger partial charge >= 0.3 is 5.97 Å². The van der Waals surface area contributed by atoms with Crippen molar-refractivity contribution in [1.82, 2.24) is 0 Å². The molecular weight excluding hydrogens is 220 g/mol. The lowest BCUT2D eigenvalue weighted by Crippen LogP contribution is -2.53. The van der Waals surface area contributed by atoms with E-state index in [1.807, 2.05) is 6.92 Å². The maximum atomic E-state index is 11.5. The van der Waals surface area contributed by atoms with Crippen LogP contribution in [-0.2, 0) is 14.3 Å². The van der Waals surface area contributed by atoms with E-state index in [9.17, 15) is 14.7 Å². The molecule has 17 heavy (non-hydrogen) atoms. The first-order chi connectivity index (χ1) is 7.93. The molecule has 0 heterocycles. The zero-order valence-corrected chi connectivity index (χ0v) is 10.4. The fourth-order valence-corrected chi connectivity index (χ4v) is 3.33. The number of fused-ring (bicyclic) bond motifs is 1. The summed E-state index contributed by atoms with van der Waals surface area (Å²) in [5, 5.41) is 10.4. The third-order valence-corrected chi connectivity index (χ3v) is 4.49. The van der Waals surface area contributed by atoms with E-state index < -0.39 is 12.2 Å². The van der Waals surface area contributed by atoms with E-state index in [-0.39, 0.29) is 17.3 Å². The van der Waals surface area contributed by atoms with Crippen molar-refractivity contribution in [2.75, 3.05) is 0 Å². The van der Waals surface area contributed by atoms with Gasteiger partial charge in [0.2, 0.25) is 0 Å². The average Bonchev–Trinajstić information content (AvgIpc) is 2.25. The van der Waals surface area contributed by atoms with Gasteiger partial charge in [-0.2, -0.15) is 0 Å². The van der Waals surface area contributed by atoms with Crippen LogP contribution in [0.5, 0.6) is 0 Å². The third-order valence-electron chi connectivity index (χ3n) is 4.49. The maximum Gasteiger partial charge on any atom is 0.302 e. The number of ether oxygens (including phenoxy) is 1. The van der Waals surface area contributed by atoms with Crippen LogP contribution in [0.2, 0.25) is 0 Å². The number of aliphatic hydroxyl groups excluding tert-OH is 1. The molecule has 0 aromatic heterocycles. The molecule has 0 bridgehead atoms. The van der Waals surface area contributed by atoms with Crippen LogP contribution in [0, 0.1) is 11.3 Å². The van der Waals surface area contributed by atoms with Gasteiger partial charge in [0.05, 0.1) is 6.10 Å². The molecule has 0 aromatic rings. The number of rotatable bonds is 1. The molecule has 4 nitrogen and oxygen atoms in total. The Morgan fingerprint density at radius 1 is 1.47 bits per heavy atom. The highest BCUT2D eigenvalue weighted by atomic mass is 16.6. The fourth-order valence-electron chi connectivity index (χ4n) is 3.33. The second kappa shape index (κ2) is 4.41.